The maximum atomic E-state index is 14.7. The molecule has 0 aromatic heterocycles. The first kappa shape index (κ1) is 22.0. The van der Waals surface area contributed by atoms with Crippen molar-refractivity contribution in [2.45, 2.75) is 12.7 Å². The molecule has 1 atom stereocenters. The van der Waals surface area contributed by atoms with Gasteiger partial charge in [0.1, 0.15) is 24.3 Å². The van der Waals surface area contributed by atoms with Gasteiger partial charge in [0.2, 0.25) is 5.82 Å². The van der Waals surface area contributed by atoms with Crippen LogP contribution in [0.4, 0.5) is 13.2 Å². The molecule has 1 unspecified atom stereocenters. The largest absolute Gasteiger partial charge is 0.497 e. The van der Waals surface area contributed by atoms with E-state index in [4.69, 9.17) is 14.2 Å². The van der Waals surface area contributed by atoms with Crippen LogP contribution in [0.2, 0.25) is 0 Å². The summed E-state index contributed by atoms with van der Waals surface area (Å²) in [5, 5.41) is 0. The van der Waals surface area contributed by atoms with E-state index in [1.807, 2.05) is 6.07 Å². The molecular weight excluding hydrogens is 441 g/mol. The van der Waals surface area contributed by atoms with Crippen molar-refractivity contribution in [1.29, 1.82) is 0 Å². The summed E-state index contributed by atoms with van der Waals surface area (Å²) < 4.78 is 59.7. The van der Waals surface area contributed by atoms with Gasteiger partial charge in [-0.15, -0.1) is 0 Å². The molecule has 5 rings (SSSR count). The topological polar surface area (TPSA) is 31.0 Å². The summed E-state index contributed by atoms with van der Waals surface area (Å²) in [5.74, 6) is -1.89. The van der Waals surface area contributed by atoms with E-state index in [1.54, 1.807) is 54.6 Å². The highest BCUT2D eigenvalue weighted by Crippen LogP contribution is 2.34. The fourth-order valence-corrected chi connectivity index (χ4v) is 3.78. The second-order valence-electron chi connectivity index (χ2n) is 8.01. The lowest BCUT2D eigenvalue weighted by Gasteiger charge is -2.12. The lowest BCUT2D eigenvalue weighted by molar-refractivity contribution is 0.285. The number of benzene rings is 4. The van der Waals surface area contributed by atoms with Crippen molar-refractivity contribution in [3.63, 3.8) is 0 Å². The average molecular weight is 462 g/mol. The normalized spacial score (nSPS) is 14.6. The maximum Gasteiger partial charge on any atom is 0.201 e. The number of halogens is 3. The van der Waals surface area contributed by atoms with Crippen LogP contribution >= 0.6 is 0 Å². The molecule has 3 nitrogen and oxygen atoms in total. The molecule has 1 fully saturated rings. The Morgan fingerprint density at radius 3 is 2.09 bits per heavy atom. The average Bonchev–Trinajstić information content (AvgIpc) is 3.71. The van der Waals surface area contributed by atoms with Gasteiger partial charge >= 0.3 is 0 Å². The van der Waals surface area contributed by atoms with Crippen LogP contribution < -0.4 is 9.47 Å². The molecule has 1 aliphatic heterocycles. The fraction of sp³-hybridized carbons (Fsp3) is 0.143. The van der Waals surface area contributed by atoms with Gasteiger partial charge in [0.05, 0.1) is 13.7 Å². The lowest BCUT2D eigenvalue weighted by Crippen LogP contribution is -2.00. The van der Waals surface area contributed by atoms with Crippen LogP contribution in [0.5, 0.6) is 11.5 Å². The Morgan fingerprint density at radius 1 is 0.794 bits per heavy atom. The Labute approximate surface area is 195 Å². The SMILES string of the molecule is COc1ccc(-c2ccc(OCc3ccc(-c4ccc(C5CO5)cc4F)cc3)c(F)c2F)cc1. The Morgan fingerprint density at radius 2 is 1.44 bits per heavy atom. The van der Waals surface area contributed by atoms with Gasteiger partial charge in [0.15, 0.2) is 11.6 Å². The van der Waals surface area contributed by atoms with Crippen LogP contribution in [-0.2, 0) is 11.3 Å². The molecule has 0 spiro atoms. The smallest absolute Gasteiger partial charge is 0.201 e. The predicted molar refractivity (Wildman–Crippen MR) is 123 cm³/mol. The van der Waals surface area contributed by atoms with E-state index in [0.29, 0.717) is 29.0 Å². The quantitative estimate of drug-likeness (QED) is 0.275. The summed E-state index contributed by atoms with van der Waals surface area (Å²) in [6.07, 6.45) is -0.00131. The van der Waals surface area contributed by atoms with Crippen LogP contribution in [0, 0.1) is 17.5 Å². The molecule has 0 amide bonds. The van der Waals surface area contributed by atoms with Crippen molar-refractivity contribution in [3.8, 4) is 33.8 Å². The summed E-state index contributed by atoms with van der Waals surface area (Å²) in [4.78, 5) is 0. The van der Waals surface area contributed by atoms with Crippen molar-refractivity contribution in [2.75, 3.05) is 13.7 Å². The first-order valence-corrected chi connectivity index (χ1v) is 10.8. The predicted octanol–water partition coefficient (Wildman–Crippen LogP) is 7.10. The molecule has 6 heteroatoms. The molecule has 0 N–H and O–H groups in total. The summed E-state index contributed by atoms with van der Waals surface area (Å²) in [6.45, 7) is 0.668. The van der Waals surface area contributed by atoms with Gasteiger partial charge in [-0.25, -0.2) is 8.78 Å². The summed E-state index contributed by atoms with van der Waals surface area (Å²) in [5.41, 5.74) is 3.44. The third kappa shape index (κ3) is 4.50. The molecule has 4 aromatic rings. The first-order valence-electron chi connectivity index (χ1n) is 10.8. The zero-order valence-corrected chi connectivity index (χ0v) is 18.4. The van der Waals surface area contributed by atoms with Crippen molar-refractivity contribution in [3.05, 3.63) is 107 Å². The number of hydrogen-bond donors (Lipinski definition) is 0. The van der Waals surface area contributed by atoms with Crippen LogP contribution in [0.1, 0.15) is 17.2 Å². The number of methoxy groups -OCH3 is 1. The number of rotatable bonds is 7. The Hall–Kier alpha value is -3.77. The minimum absolute atomic E-state index is 0.00131. The van der Waals surface area contributed by atoms with Crippen LogP contribution in [-0.4, -0.2) is 13.7 Å². The highest BCUT2D eigenvalue weighted by molar-refractivity contribution is 5.66. The standard InChI is InChI=1S/C28H21F3O3/c1-32-21-9-6-19(7-10-21)23-12-13-25(28(31)27(23)30)33-15-17-2-4-18(5-3-17)22-11-8-20(14-24(22)29)26-16-34-26/h2-14,26H,15-16H2,1H3. The molecule has 172 valence electrons. The van der Waals surface area contributed by atoms with Crippen LogP contribution in [0.3, 0.4) is 0 Å². The third-order valence-electron chi connectivity index (χ3n) is 5.81. The molecule has 1 aliphatic rings. The summed E-state index contributed by atoms with van der Waals surface area (Å²) in [7, 11) is 1.54. The molecule has 1 heterocycles. The van der Waals surface area contributed by atoms with E-state index in [2.05, 4.69) is 0 Å². The summed E-state index contributed by atoms with van der Waals surface area (Å²) >= 11 is 0. The van der Waals surface area contributed by atoms with Crippen LogP contribution in [0.15, 0.2) is 78.9 Å². The molecule has 0 radical (unpaired) electrons. The van der Waals surface area contributed by atoms with Gasteiger partial charge in [0.25, 0.3) is 0 Å². The maximum absolute atomic E-state index is 14.7. The van der Waals surface area contributed by atoms with Crippen LogP contribution in [0.25, 0.3) is 22.3 Å². The van der Waals surface area contributed by atoms with Crippen molar-refractivity contribution >= 4 is 0 Å². The second-order valence-corrected chi connectivity index (χ2v) is 8.01. The van der Waals surface area contributed by atoms with Crippen molar-refractivity contribution in [1.82, 2.24) is 0 Å². The molecular formula is C28H21F3O3. The van der Waals surface area contributed by atoms with Gasteiger partial charge in [0, 0.05) is 11.1 Å². The molecule has 0 saturated carbocycles. The van der Waals surface area contributed by atoms with Crippen molar-refractivity contribution < 1.29 is 27.4 Å². The number of hydrogen-bond acceptors (Lipinski definition) is 3. The molecule has 34 heavy (non-hydrogen) atoms. The van der Waals surface area contributed by atoms with E-state index in [9.17, 15) is 13.2 Å². The monoisotopic (exact) mass is 462 g/mol. The molecule has 0 bridgehead atoms. The summed E-state index contributed by atoms with van der Waals surface area (Å²) in [6, 6.07) is 21.8. The molecule has 1 saturated heterocycles. The Kier molecular flexibility index (Phi) is 5.99. The lowest BCUT2D eigenvalue weighted by atomic mass is 10.0. The van der Waals surface area contributed by atoms with Gasteiger partial charge in [-0.3, -0.25) is 0 Å². The van der Waals surface area contributed by atoms with E-state index in [-0.39, 0.29) is 29.8 Å². The Bertz CT molecular complexity index is 1310. The van der Waals surface area contributed by atoms with E-state index in [0.717, 1.165) is 11.1 Å². The molecule has 4 aromatic carbocycles. The fourth-order valence-electron chi connectivity index (χ4n) is 3.78. The van der Waals surface area contributed by atoms with E-state index in [1.165, 1.54) is 25.3 Å². The minimum Gasteiger partial charge on any atom is -0.497 e. The van der Waals surface area contributed by atoms with Gasteiger partial charge in [-0.2, -0.15) is 4.39 Å². The van der Waals surface area contributed by atoms with Crippen molar-refractivity contribution in [2.24, 2.45) is 0 Å². The highest BCUT2D eigenvalue weighted by atomic mass is 19.2. The number of epoxide rings is 1. The van der Waals surface area contributed by atoms with Gasteiger partial charge in [-0.05, 0) is 52.6 Å². The Balaban J connectivity index is 1.28. The second kappa shape index (κ2) is 9.23. The zero-order valence-electron chi connectivity index (χ0n) is 18.4. The van der Waals surface area contributed by atoms with E-state index < -0.39 is 11.6 Å². The third-order valence-corrected chi connectivity index (χ3v) is 5.81. The zero-order chi connectivity index (χ0) is 23.7. The minimum atomic E-state index is -1.05. The highest BCUT2D eigenvalue weighted by Gasteiger charge is 2.25. The molecule has 0 aliphatic carbocycles. The van der Waals surface area contributed by atoms with Gasteiger partial charge in [-0.1, -0.05) is 48.5 Å². The van der Waals surface area contributed by atoms with Gasteiger partial charge < -0.3 is 14.2 Å². The first-order chi connectivity index (χ1) is 16.5. The number of ether oxygens (including phenoxy) is 3. The van der Waals surface area contributed by atoms with E-state index >= 15 is 0 Å².